The van der Waals surface area contributed by atoms with E-state index in [9.17, 15) is 15.3 Å². The van der Waals surface area contributed by atoms with Gasteiger partial charge in [-0.05, 0) is 11.6 Å². The molecule has 0 aliphatic rings. The fourth-order valence-electron chi connectivity index (χ4n) is 1.44. The Hall–Kier alpha value is -1.40. The van der Waals surface area contributed by atoms with Gasteiger partial charge < -0.3 is 25.5 Å². The van der Waals surface area contributed by atoms with Gasteiger partial charge in [0.1, 0.15) is 18.0 Å². The van der Waals surface area contributed by atoms with Gasteiger partial charge in [0.15, 0.2) is 0 Å². The first kappa shape index (κ1) is 14.7. The lowest BCUT2D eigenvalue weighted by Crippen LogP contribution is -2.33. The summed E-state index contributed by atoms with van der Waals surface area (Å²) in [5, 5.41) is 46.4. The maximum Gasteiger partial charge on any atom is 0.121 e. The molecule has 100 valence electrons. The predicted molar refractivity (Wildman–Crippen MR) is 66.8 cm³/mol. The molecule has 0 aromatic heterocycles. The van der Waals surface area contributed by atoms with Crippen LogP contribution in [0, 0.1) is 0 Å². The summed E-state index contributed by atoms with van der Waals surface area (Å²) in [6.07, 6.45) is -2.79. The van der Waals surface area contributed by atoms with Crippen molar-refractivity contribution in [1.29, 1.82) is 0 Å². The van der Waals surface area contributed by atoms with E-state index < -0.39 is 24.9 Å². The molecule has 3 atom stereocenters. The summed E-state index contributed by atoms with van der Waals surface area (Å²) in [5.41, 5.74) is 0.714. The Balaban J connectivity index is 2.61. The molecule has 0 heterocycles. The van der Waals surface area contributed by atoms with Crippen molar-refractivity contribution in [3.63, 3.8) is 0 Å². The van der Waals surface area contributed by atoms with Gasteiger partial charge in [-0.25, -0.2) is 0 Å². The van der Waals surface area contributed by atoms with E-state index in [4.69, 9.17) is 10.2 Å². The molecule has 0 saturated heterocycles. The normalized spacial score (nSPS) is 17.2. The fourth-order valence-corrected chi connectivity index (χ4v) is 1.44. The molecule has 1 aromatic carbocycles. The first-order valence-corrected chi connectivity index (χ1v) is 5.65. The van der Waals surface area contributed by atoms with Crippen LogP contribution in [0.4, 0.5) is 0 Å². The van der Waals surface area contributed by atoms with E-state index in [1.807, 2.05) is 6.07 Å². The van der Waals surface area contributed by atoms with E-state index >= 15 is 0 Å². The highest BCUT2D eigenvalue weighted by atomic mass is 16.4. The van der Waals surface area contributed by atoms with Crippen LogP contribution in [0.25, 0.3) is 6.08 Å². The van der Waals surface area contributed by atoms with E-state index in [-0.39, 0.29) is 12.2 Å². The molecule has 5 nitrogen and oxygen atoms in total. The molecule has 1 rings (SSSR count). The number of rotatable bonds is 6. The summed E-state index contributed by atoms with van der Waals surface area (Å²) in [5.74, 6) is -0.301. The lowest BCUT2D eigenvalue weighted by molar-refractivity contribution is -0.0357. The molecule has 18 heavy (non-hydrogen) atoms. The highest BCUT2D eigenvalue weighted by Gasteiger charge is 2.21. The summed E-state index contributed by atoms with van der Waals surface area (Å²) in [6.45, 7) is -0.600. The summed E-state index contributed by atoms with van der Waals surface area (Å²) in [4.78, 5) is 0. The van der Waals surface area contributed by atoms with Crippen molar-refractivity contribution in [3.05, 3.63) is 41.7 Å². The van der Waals surface area contributed by atoms with Gasteiger partial charge in [-0.15, -0.1) is 0 Å². The zero-order valence-corrected chi connectivity index (χ0v) is 9.85. The van der Waals surface area contributed by atoms with Crippen LogP contribution >= 0.6 is 0 Å². The molecule has 0 aliphatic carbocycles. The molecular formula is C13H18O5. The topological polar surface area (TPSA) is 101 Å². The molecule has 5 heteroatoms. The van der Waals surface area contributed by atoms with Crippen molar-refractivity contribution < 1.29 is 25.5 Å². The van der Waals surface area contributed by atoms with Crippen LogP contribution in [0.2, 0.25) is 0 Å². The zero-order chi connectivity index (χ0) is 13.5. The standard InChI is InChI=1S/C13H18O5/c14-8-13(18)12(17)7-11(16)10(15)6-9-4-2-1-3-5-9/h1-6,11-18H,7-8H2/t11-,12+,13-/m1/s1. The molecular weight excluding hydrogens is 236 g/mol. The molecule has 0 bridgehead atoms. The van der Waals surface area contributed by atoms with E-state index in [1.54, 1.807) is 24.3 Å². The molecule has 0 amide bonds. The first-order valence-electron chi connectivity index (χ1n) is 5.65. The van der Waals surface area contributed by atoms with Gasteiger partial charge in [0.2, 0.25) is 0 Å². The van der Waals surface area contributed by atoms with Crippen molar-refractivity contribution >= 4 is 6.08 Å². The van der Waals surface area contributed by atoms with Crippen molar-refractivity contribution in [1.82, 2.24) is 0 Å². The Morgan fingerprint density at radius 3 is 2.22 bits per heavy atom. The quantitative estimate of drug-likeness (QED) is 0.462. The van der Waals surface area contributed by atoms with Gasteiger partial charge in [-0.2, -0.15) is 0 Å². The molecule has 0 saturated carbocycles. The van der Waals surface area contributed by atoms with Gasteiger partial charge in [0.25, 0.3) is 0 Å². The molecule has 0 fully saturated rings. The molecule has 0 unspecified atom stereocenters. The Labute approximate surface area is 105 Å². The minimum absolute atomic E-state index is 0.253. The number of aliphatic hydroxyl groups is 5. The van der Waals surface area contributed by atoms with Crippen LogP contribution in [0.3, 0.4) is 0 Å². The Kier molecular flexibility index (Phi) is 5.80. The smallest absolute Gasteiger partial charge is 0.121 e. The van der Waals surface area contributed by atoms with Crippen molar-refractivity contribution in [3.8, 4) is 0 Å². The van der Waals surface area contributed by atoms with Crippen LogP contribution in [0.5, 0.6) is 0 Å². The van der Waals surface area contributed by atoms with Crippen molar-refractivity contribution in [2.45, 2.75) is 24.7 Å². The number of benzene rings is 1. The summed E-state index contributed by atoms with van der Waals surface area (Å²) in [7, 11) is 0. The van der Waals surface area contributed by atoms with Crippen LogP contribution < -0.4 is 0 Å². The van der Waals surface area contributed by atoms with E-state index in [1.165, 1.54) is 6.08 Å². The minimum atomic E-state index is -1.33. The van der Waals surface area contributed by atoms with E-state index in [2.05, 4.69) is 0 Å². The third-order valence-electron chi connectivity index (χ3n) is 2.55. The minimum Gasteiger partial charge on any atom is -0.510 e. The van der Waals surface area contributed by atoms with Crippen molar-refractivity contribution in [2.24, 2.45) is 0 Å². The second-order valence-electron chi connectivity index (χ2n) is 4.05. The third kappa shape index (κ3) is 4.46. The molecule has 0 aliphatic heterocycles. The Morgan fingerprint density at radius 1 is 1.06 bits per heavy atom. The van der Waals surface area contributed by atoms with Crippen LogP contribution in [0.1, 0.15) is 12.0 Å². The number of hydrogen-bond donors (Lipinski definition) is 5. The van der Waals surface area contributed by atoms with Gasteiger partial charge in [-0.1, -0.05) is 30.3 Å². The molecule has 5 N–H and O–H groups in total. The zero-order valence-electron chi connectivity index (χ0n) is 9.85. The fraction of sp³-hybridized carbons (Fsp3) is 0.385. The largest absolute Gasteiger partial charge is 0.510 e. The summed E-state index contributed by atoms with van der Waals surface area (Å²) in [6, 6.07) is 8.90. The van der Waals surface area contributed by atoms with Gasteiger partial charge >= 0.3 is 0 Å². The molecule has 1 aromatic rings. The average molecular weight is 254 g/mol. The second-order valence-corrected chi connectivity index (χ2v) is 4.05. The van der Waals surface area contributed by atoms with Crippen LogP contribution in [0.15, 0.2) is 36.1 Å². The Bertz CT molecular complexity index is 376. The van der Waals surface area contributed by atoms with Crippen LogP contribution in [-0.4, -0.2) is 50.5 Å². The molecule has 0 spiro atoms. The lowest BCUT2D eigenvalue weighted by atomic mass is 10.0. The van der Waals surface area contributed by atoms with E-state index in [0.29, 0.717) is 5.56 Å². The maximum absolute atomic E-state index is 9.63. The second kappa shape index (κ2) is 7.13. The van der Waals surface area contributed by atoms with E-state index in [0.717, 1.165) is 0 Å². The van der Waals surface area contributed by atoms with Gasteiger partial charge in [0.05, 0.1) is 12.7 Å². The van der Waals surface area contributed by atoms with Gasteiger partial charge in [-0.3, -0.25) is 0 Å². The highest BCUT2D eigenvalue weighted by molar-refractivity contribution is 5.51. The lowest BCUT2D eigenvalue weighted by Gasteiger charge is -2.18. The first-order chi connectivity index (χ1) is 8.54. The summed E-state index contributed by atoms with van der Waals surface area (Å²) >= 11 is 0. The van der Waals surface area contributed by atoms with Crippen molar-refractivity contribution in [2.75, 3.05) is 6.61 Å². The van der Waals surface area contributed by atoms with Crippen LogP contribution in [-0.2, 0) is 0 Å². The number of hydrogen-bond acceptors (Lipinski definition) is 5. The Morgan fingerprint density at radius 2 is 1.67 bits per heavy atom. The molecule has 0 radical (unpaired) electrons. The highest BCUT2D eigenvalue weighted by Crippen LogP contribution is 2.13. The summed E-state index contributed by atoms with van der Waals surface area (Å²) < 4.78 is 0. The maximum atomic E-state index is 9.63. The SMILES string of the molecule is OC[C@@H](O)[C@@H](O)C[C@@H](O)C(O)=Cc1ccccc1. The predicted octanol–water partition coefficient (Wildman–Crippen LogP) is 0.0506. The monoisotopic (exact) mass is 254 g/mol. The van der Waals surface area contributed by atoms with Gasteiger partial charge in [0, 0.05) is 6.42 Å². The number of aliphatic hydroxyl groups excluding tert-OH is 5. The third-order valence-corrected chi connectivity index (χ3v) is 2.55. The average Bonchev–Trinajstić information content (AvgIpc) is 2.38.